The summed E-state index contributed by atoms with van der Waals surface area (Å²) in [5.41, 5.74) is 1.79. The van der Waals surface area contributed by atoms with Gasteiger partial charge in [0.15, 0.2) is 0 Å². The second-order valence-electron chi connectivity index (χ2n) is 29.3. The predicted molar refractivity (Wildman–Crippen MR) is 354 cm³/mol. The van der Waals surface area contributed by atoms with Crippen LogP contribution in [0.4, 0.5) is 9.59 Å². The Labute approximate surface area is 548 Å². The van der Waals surface area contributed by atoms with E-state index >= 15 is 0 Å². The van der Waals surface area contributed by atoms with E-state index in [1.54, 1.807) is 81.8 Å². The van der Waals surface area contributed by atoms with Crippen molar-refractivity contribution in [3.05, 3.63) is 70.8 Å². The molecule has 8 amide bonds. The SMILES string of the molecule is C[C@@H](C(=O)N[C@H]1CCS[C@H]2CC(C)(C)[C@@H](C(=O)NC3c4ccccc4C[C@H]3OCCCCCCCCCCCCO[C@@H]3Cc4ccccc4[C@@H]3NC(=O)[C@H]3N4C(=O)[C@@H](NC(=O)CN(C)C(=O)OC(C)(C)C)CCS[C@H]4CC3(C)C)N2C1=O)N(C)C(=O)OC(C)(C)C. The molecule has 1 unspecified atom stereocenters. The first-order chi connectivity index (χ1) is 42.9. The molecule has 20 nitrogen and oxygen atoms in total. The summed E-state index contributed by atoms with van der Waals surface area (Å²) < 4.78 is 24.1. The van der Waals surface area contributed by atoms with Crippen LogP contribution >= 0.6 is 23.5 Å². The Balaban J connectivity index is 0.739. The van der Waals surface area contributed by atoms with Crippen LogP contribution in [0.5, 0.6) is 0 Å². The van der Waals surface area contributed by atoms with Gasteiger partial charge >= 0.3 is 12.2 Å². The molecular weight excluding hydrogens is 1200 g/mol. The molecule has 2 aliphatic carbocycles. The second-order valence-corrected chi connectivity index (χ2v) is 31.9. The van der Waals surface area contributed by atoms with E-state index in [9.17, 15) is 38.4 Å². The highest BCUT2D eigenvalue weighted by molar-refractivity contribution is 8.00. The summed E-state index contributed by atoms with van der Waals surface area (Å²) in [5, 5.41) is 12.1. The quantitative estimate of drug-likeness (QED) is 0.0678. The van der Waals surface area contributed by atoms with Gasteiger partial charge in [-0.2, -0.15) is 0 Å². The summed E-state index contributed by atoms with van der Waals surface area (Å²) in [6.45, 7) is 21.2. The Hall–Kier alpha value is -5.58. The van der Waals surface area contributed by atoms with Crippen molar-refractivity contribution in [2.24, 2.45) is 10.8 Å². The van der Waals surface area contributed by atoms with Crippen LogP contribution in [0.1, 0.15) is 200 Å². The molecule has 0 aromatic heterocycles. The molecule has 4 fully saturated rings. The number of carbonyl (C=O) groups excluding carboxylic acids is 8. The normalized spacial score (nSPS) is 26.0. The van der Waals surface area contributed by atoms with Gasteiger partial charge in [-0.15, -0.1) is 23.5 Å². The van der Waals surface area contributed by atoms with Crippen molar-refractivity contribution >= 4 is 71.2 Å². The lowest BCUT2D eigenvalue weighted by molar-refractivity contribution is -0.144. The zero-order valence-electron chi connectivity index (χ0n) is 56.3. The third-order valence-electron chi connectivity index (χ3n) is 18.6. The van der Waals surface area contributed by atoms with Crippen molar-refractivity contribution in [3.63, 3.8) is 0 Å². The Morgan fingerprint density at radius 2 is 0.978 bits per heavy atom. The molecule has 4 saturated heterocycles. The highest BCUT2D eigenvalue weighted by Crippen LogP contribution is 2.49. The first kappa shape index (κ1) is 71.3. The van der Waals surface area contributed by atoms with Crippen LogP contribution in [0.15, 0.2) is 48.5 Å². The van der Waals surface area contributed by atoms with Crippen molar-refractivity contribution in [1.29, 1.82) is 0 Å². The first-order valence-corrected chi connectivity index (χ1v) is 35.4. The van der Waals surface area contributed by atoms with Crippen LogP contribution in [0.25, 0.3) is 0 Å². The third-order valence-corrected chi connectivity index (χ3v) is 21.1. The fourth-order valence-corrected chi connectivity index (χ4v) is 17.0. The van der Waals surface area contributed by atoms with E-state index in [-0.39, 0.29) is 65.2 Å². The lowest BCUT2D eigenvalue weighted by Gasteiger charge is -2.35. The van der Waals surface area contributed by atoms with Gasteiger partial charge in [-0.05, 0) is 132 Å². The number of fused-ring (bicyclic) bond motifs is 4. The summed E-state index contributed by atoms with van der Waals surface area (Å²) in [6, 6.07) is 11.4. The van der Waals surface area contributed by atoms with Crippen molar-refractivity contribution in [2.75, 3.05) is 45.4 Å². The summed E-state index contributed by atoms with van der Waals surface area (Å²) in [7, 11) is 2.99. The molecule has 4 heterocycles. The van der Waals surface area contributed by atoms with E-state index in [1.807, 2.05) is 52.0 Å². The van der Waals surface area contributed by atoms with E-state index in [4.69, 9.17) is 18.9 Å². The minimum Gasteiger partial charge on any atom is -0.444 e. The molecule has 11 atom stereocenters. The van der Waals surface area contributed by atoms with Crippen LogP contribution < -0.4 is 21.3 Å². The number of rotatable bonds is 25. The molecule has 0 radical (unpaired) electrons. The molecule has 504 valence electrons. The lowest BCUT2D eigenvalue weighted by atomic mass is 9.83. The maximum absolute atomic E-state index is 14.7. The number of nitrogens with one attached hydrogen (secondary N) is 4. The minimum absolute atomic E-state index is 0.220. The highest BCUT2D eigenvalue weighted by atomic mass is 32.2. The molecule has 6 aliphatic rings. The van der Waals surface area contributed by atoms with Crippen molar-refractivity contribution in [3.8, 4) is 0 Å². The van der Waals surface area contributed by atoms with Crippen LogP contribution in [-0.4, -0.2) is 177 Å². The van der Waals surface area contributed by atoms with Crippen LogP contribution in [0, 0.1) is 10.8 Å². The number of nitrogens with zero attached hydrogens (tertiary/aromatic N) is 4. The van der Waals surface area contributed by atoms with Gasteiger partial charge in [0.1, 0.15) is 48.0 Å². The van der Waals surface area contributed by atoms with Crippen LogP contribution in [-0.2, 0) is 60.6 Å². The van der Waals surface area contributed by atoms with Crippen LogP contribution in [0.2, 0.25) is 0 Å². The topological polar surface area (TPSA) is 235 Å². The van der Waals surface area contributed by atoms with E-state index in [2.05, 4.69) is 45.5 Å². The summed E-state index contributed by atoms with van der Waals surface area (Å²) >= 11 is 3.28. The number of hydrogen-bond acceptors (Lipinski definition) is 14. The minimum atomic E-state index is -0.895. The van der Waals surface area contributed by atoms with Gasteiger partial charge in [0.2, 0.25) is 35.4 Å². The lowest BCUT2D eigenvalue weighted by Crippen LogP contribution is -2.58. The number of hydrogen-bond donors (Lipinski definition) is 4. The number of thioether (sulfide) groups is 2. The van der Waals surface area contributed by atoms with Gasteiger partial charge in [0.05, 0.1) is 35.0 Å². The fraction of sp³-hybridized carbons (Fsp3) is 0.710. The molecule has 0 saturated carbocycles. The van der Waals surface area contributed by atoms with Gasteiger partial charge in [-0.3, -0.25) is 33.7 Å². The zero-order valence-corrected chi connectivity index (χ0v) is 58.0. The predicted octanol–water partition coefficient (Wildman–Crippen LogP) is 9.76. The number of ether oxygens (including phenoxy) is 4. The highest BCUT2D eigenvalue weighted by Gasteiger charge is 2.57. The average molecular weight is 1300 g/mol. The van der Waals surface area contributed by atoms with E-state index in [0.29, 0.717) is 63.2 Å². The monoisotopic (exact) mass is 1300 g/mol. The molecule has 4 aliphatic heterocycles. The summed E-state index contributed by atoms with van der Waals surface area (Å²) in [5.74, 6) is -0.743. The molecule has 8 rings (SSSR count). The zero-order chi connectivity index (χ0) is 66.2. The van der Waals surface area contributed by atoms with Crippen molar-refractivity contribution in [2.45, 2.75) is 255 Å². The van der Waals surface area contributed by atoms with Gasteiger partial charge in [0.25, 0.3) is 0 Å². The molecular formula is C69H104N8O12S2. The molecule has 0 bridgehead atoms. The number of carbonyl (C=O) groups is 8. The third kappa shape index (κ3) is 18.2. The van der Waals surface area contributed by atoms with E-state index in [1.165, 1.54) is 36.7 Å². The van der Waals surface area contributed by atoms with Crippen molar-refractivity contribution in [1.82, 2.24) is 40.9 Å². The molecule has 4 N–H and O–H groups in total. The van der Waals surface area contributed by atoms with Crippen molar-refractivity contribution < 1.29 is 57.3 Å². The fourth-order valence-electron chi connectivity index (χ4n) is 13.8. The van der Waals surface area contributed by atoms with Gasteiger partial charge in [0, 0.05) is 40.2 Å². The molecule has 2 aromatic rings. The van der Waals surface area contributed by atoms with Gasteiger partial charge < -0.3 is 54.9 Å². The Morgan fingerprint density at radius 1 is 0.582 bits per heavy atom. The van der Waals surface area contributed by atoms with Gasteiger partial charge in [-0.25, -0.2) is 9.59 Å². The summed E-state index contributed by atoms with van der Waals surface area (Å²) in [6.07, 6.45) is 12.5. The van der Waals surface area contributed by atoms with E-state index in [0.717, 1.165) is 73.6 Å². The number of unbranched alkanes of at least 4 members (excludes halogenated alkanes) is 9. The standard InChI is InChI=1S/C69H104N8O12S2/c1-43(75(13)65(85)89-67(5,6)7)59(79)71-49-33-37-91-54-41-69(10,11)58(77(54)63(49)83)61(81)73-56-47-31-25-23-29-45(47)39-51(56)87-35-27-21-19-17-15-14-16-18-20-26-34-86-50-38-44-28-22-24-30-46(44)55(50)72-60(80)57-68(8,9)40-53-76(57)62(82)48(32-36-90-53)70-52(78)42-74(12)64(84)88-66(2,3)4/h22-25,28-31,43,48-51,53-58H,14-21,26-27,32-42H2,1-13H3,(H,70,78)(H,71,79)(H,72,80)(H,73,81)/t43-,48-,49-,50+,51+,53-,54-,55-,56?,57+,58+/m0/s1. The molecule has 0 spiro atoms. The molecule has 91 heavy (non-hydrogen) atoms. The Kier molecular flexibility index (Phi) is 24.0. The summed E-state index contributed by atoms with van der Waals surface area (Å²) in [4.78, 5) is 116. The Bertz CT molecular complexity index is 2910. The number of likely N-dealkylation sites (N-methyl/N-ethyl adjacent to an activating group) is 2. The number of amides is 8. The Morgan fingerprint density at radius 3 is 1.41 bits per heavy atom. The average Bonchev–Trinajstić information content (AvgIpc) is 1.62. The largest absolute Gasteiger partial charge is 0.444 e. The smallest absolute Gasteiger partial charge is 0.410 e. The first-order valence-electron chi connectivity index (χ1n) is 33.3. The van der Waals surface area contributed by atoms with Crippen LogP contribution in [0.3, 0.4) is 0 Å². The second kappa shape index (κ2) is 30.7. The van der Waals surface area contributed by atoms with Gasteiger partial charge in [-0.1, -0.05) is 128 Å². The maximum atomic E-state index is 14.7. The maximum Gasteiger partial charge on any atom is 0.410 e. The molecule has 2 aromatic carbocycles. The van der Waals surface area contributed by atoms with E-state index < -0.39 is 76.2 Å². The number of benzene rings is 2. The molecule has 22 heteroatoms.